The van der Waals surface area contributed by atoms with Crippen molar-refractivity contribution >= 4 is 11.6 Å². The highest BCUT2D eigenvalue weighted by Gasteiger charge is 2.20. The standard InChI is InChI=1S/C15H22ClN/c1-12(14-8-10-17-11-9-14)15(16)7-6-13-4-2-3-5-13/h8-13,15H,2-7H2,1H3. The molecular weight excluding hydrogens is 230 g/mol. The fourth-order valence-electron chi connectivity index (χ4n) is 2.82. The molecule has 0 aliphatic heterocycles. The Labute approximate surface area is 110 Å². The zero-order valence-corrected chi connectivity index (χ0v) is 11.4. The van der Waals surface area contributed by atoms with Gasteiger partial charge >= 0.3 is 0 Å². The minimum absolute atomic E-state index is 0.262. The fourth-order valence-corrected chi connectivity index (χ4v) is 3.09. The number of nitrogens with zero attached hydrogens (tertiary/aromatic N) is 1. The third kappa shape index (κ3) is 3.70. The van der Waals surface area contributed by atoms with Gasteiger partial charge in [-0.15, -0.1) is 11.6 Å². The van der Waals surface area contributed by atoms with E-state index in [-0.39, 0.29) is 5.38 Å². The Bertz CT molecular complexity index is 319. The summed E-state index contributed by atoms with van der Waals surface area (Å²) in [5.74, 6) is 1.38. The lowest BCUT2D eigenvalue weighted by atomic mass is 9.92. The van der Waals surface area contributed by atoms with E-state index in [1.54, 1.807) is 0 Å². The molecule has 0 aromatic carbocycles. The van der Waals surface area contributed by atoms with Crippen LogP contribution in [0.25, 0.3) is 0 Å². The van der Waals surface area contributed by atoms with E-state index >= 15 is 0 Å². The van der Waals surface area contributed by atoms with Gasteiger partial charge in [-0.1, -0.05) is 32.6 Å². The van der Waals surface area contributed by atoms with Gasteiger partial charge in [0, 0.05) is 17.8 Å². The monoisotopic (exact) mass is 251 g/mol. The number of rotatable bonds is 5. The predicted molar refractivity (Wildman–Crippen MR) is 73.5 cm³/mol. The summed E-state index contributed by atoms with van der Waals surface area (Å²) >= 11 is 6.52. The van der Waals surface area contributed by atoms with Crippen molar-refractivity contribution in [2.75, 3.05) is 0 Å². The molecule has 2 atom stereocenters. The van der Waals surface area contributed by atoms with Crippen LogP contribution in [0.3, 0.4) is 0 Å². The molecular formula is C15H22ClN. The van der Waals surface area contributed by atoms with E-state index in [0.717, 1.165) is 12.3 Å². The molecule has 0 radical (unpaired) electrons. The van der Waals surface area contributed by atoms with Crippen molar-refractivity contribution in [2.45, 2.75) is 56.7 Å². The minimum Gasteiger partial charge on any atom is -0.265 e. The molecule has 2 rings (SSSR count). The van der Waals surface area contributed by atoms with Gasteiger partial charge < -0.3 is 0 Å². The Kier molecular flexibility index (Phi) is 4.85. The molecule has 0 N–H and O–H groups in total. The molecule has 2 heteroatoms. The second-order valence-corrected chi connectivity index (χ2v) is 5.87. The lowest BCUT2D eigenvalue weighted by molar-refractivity contribution is 0.463. The number of halogens is 1. The molecule has 2 unspecified atom stereocenters. The van der Waals surface area contributed by atoms with Crippen molar-refractivity contribution in [1.29, 1.82) is 0 Å². The summed E-state index contributed by atoms with van der Waals surface area (Å²) in [6.45, 7) is 2.22. The van der Waals surface area contributed by atoms with Crippen LogP contribution in [0.1, 0.15) is 56.9 Å². The third-order valence-electron chi connectivity index (χ3n) is 4.10. The zero-order valence-electron chi connectivity index (χ0n) is 10.6. The molecule has 1 fully saturated rings. The SMILES string of the molecule is CC(c1ccncc1)C(Cl)CCC1CCCC1. The molecule has 1 aliphatic rings. The number of hydrogen-bond acceptors (Lipinski definition) is 1. The summed E-state index contributed by atoms with van der Waals surface area (Å²) in [4.78, 5) is 4.05. The predicted octanol–water partition coefficient (Wildman–Crippen LogP) is 4.76. The highest BCUT2D eigenvalue weighted by Crippen LogP contribution is 2.32. The van der Waals surface area contributed by atoms with Gasteiger partial charge in [0.25, 0.3) is 0 Å². The van der Waals surface area contributed by atoms with Gasteiger partial charge in [-0.3, -0.25) is 4.98 Å². The van der Waals surface area contributed by atoms with E-state index in [2.05, 4.69) is 24.0 Å². The molecule has 0 spiro atoms. The molecule has 1 heterocycles. The first-order valence-corrected chi connectivity index (χ1v) is 7.25. The molecule has 1 aliphatic carbocycles. The summed E-state index contributed by atoms with van der Waals surface area (Å²) in [5, 5.41) is 0.262. The lowest BCUT2D eigenvalue weighted by Crippen LogP contribution is -2.11. The summed E-state index contributed by atoms with van der Waals surface area (Å²) in [7, 11) is 0. The summed E-state index contributed by atoms with van der Waals surface area (Å²) in [6.07, 6.45) is 11.9. The molecule has 0 saturated heterocycles. The van der Waals surface area contributed by atoms with E-state index in [4.69, 9.17) is 11.6 Å². The maximum absolute atomic E-state index is 6.52. The maximum Gasteiger partial charge on any atom is 0.0402 e. The molecule has 1 saturated carbocycles. The minimum atomic E-state index is 0.262. The highest BCUT2D eigenvalue weighted by atomic mass is 35.5. The van der Waals surface area contributed by atoms with Crippen LogP contribution in [0, 0.1) is 5.92 Å². The van der Waals surface area contributed by atoms with Crippen LogP contribution >= 0.6 is 11.6 Å². The Morgan fingerprint density at radius 1 is 1.29 bits per heavy atom. The molecule has 94 valence electrons. The molecule has 1 aromatic rings. The van der Waals surface area contributed by atoms with Crippen LogP contribution in [-0.4, -0.2) is 10.4 Å². The first-order chi connectivity index (χ1) is 8.27. The Morgan fingerprint density at radius 2 is 1.94 bits per heavy atom. The van der Waals surface area contributed by atoms with Crippen LogP contribution in [-0.2, 0) is 0 Å². The van der Waals surface area contributed by atoms with E-state index in [1.165, 1.54) is 37.7 Å². The van der Waals surface area contributed by atoms with Crippen LogP contribution in [0.15, 0.2) is 24.5 Å². The van der Waals surface area contributed by atoms with Gasteiger partial charge in [-0.2, -0.15) is 0 Å². The van der Waals surface area contributed by atoms with Crippen molar-refractivity contribution in [3.05, 3.63) is 30.1 Å². The van der Waals surface area contributed by atoms with Gasteiger partial charge in [-0.25, -0.2) is 0 Å². The van der Waals surface area contributed by atoms with Gasteiger partial charge in [-0.05, 0) is 42.4 Å². The van der Waals surface area contributed by atoms with Gasteiger partial charge in [0.15, 0.2) is 0 Å². The Hall–Kier alpha value is -0.560. The topological polar surface area (TPSA) is 12.9 Å². The summed E-state index contributed by atoms with van der Waals surface area (Å²) < 4.78 is 0. The van der Waals surface area contributed by atoms with Crippen LogP contribution in [0.4, 0.5) is 0 Å². The number of alkyl halides is 1. The molecule has 1 aromatic heterocycles. The summed E-state index contributed by atoms with van der Waals surface area (Å²) in [6, 6.07) is 4.16. The fraction of sp³-hybridized carbons (Fsp3) is 0.667. The van der Waals surface area contributed by atoms with Crippen molar-refractivity contribution in [3.8, 4) is 0 Å². The molecule has 0 amide bonds. The second kappa shape index (κ2) is 6.39. The van der Waals surface area contributed by atoms with Crippen molar-refractivity contribution in [1.82, 2.24) is 4.98 Å². The molecule has 1 nitrogen and oxygen atoms in total. The molecule has 17 heavy (non-hydrogen) atoms. The van der Waals surface area contributed by atoms with E-state index in [1.807, 2.05) is 12.4 Å². The largest absolute Gasteiger partial charge is 0.265 e. The maximum atomic E-state index is 6.52. The van der Waals surface area contributed by atoms with Crippen molar-refractivity contribution in [3.63, 3.8) is 0 Å². The van der Waals surface area contributed by atoms with E-state index in [9.17, 15) is 0 Å². The van der Waals surface area contributed by atoms with Gasteiger partial charge in [0.05, 0.1) is 0 Å². The second-order valence-electron chi connectivity index (χ2n) is 5.31. The van der Waals surface area contributed by atoms with Crippen LogP contribution in [0.5, 0.6) is 0 Å². The van der Waals surface area contributed by atoms with E-state index < -0.39 is 0 Å². The smallest absolute Gasteiger partial charge is 0.0402 e. The number of pyridine rings is 1. The lowest BCUT2D eigenvalue weighted by Gasteiger charge is -2.19. The highest BCUT2D eigenvalue weighted by molar-refractivity contribution is 6.21. The summed E-state index contributed by atoms with van der Waals surface area (Å²) in [5.41, 5.74) is 1.31. The number of aromatic nitrogens is 1. The Morgan fingerprint density at radius 3 is 2.59 bits per heavy atom. The van der Waals surface area contributed by atoms with Crippen LogP contribution < -0.4 is 0 Å². The number of hydrogen-bond donors (Lipinski definition) is 0. The van der Waals surface area contributed by atoms with Gasteiger partial charge in [0.2, 0.25) is 0 Å². The van der Waals surface area contributed by atoms with Gasteiger partial charge in [0.1, 0.15) is 0 Å². The van der Waals surface area contributed by atoms with Crippen molar-refractivity contribution in [2.24, 2.45) is 5.92 Å². The first kappa shape index (κ1) is 12.9. The van der Waals surface area contributed by atoms with Crippen molar-refractivity contribution < 1.29 is 0 Å². The van der Waals surface area contributed by atoms with E-state index in [0.29, 0.717) is 5.92 Å². The average molecular weight is 252 g/mol. The zero-order chi connectivity index (χ0) is 12.1. The Balaban J connectivity index is 1.80. The quantitative estimate of drug-likeness (QED) is 0.688. The van der Waals surface area contributed by atoms with Crippen LogP contribution in [0.2, 0.25) is 0 Å². The third-order valence-corrected chi connectivity index (χ3v) is 4.70. The normalized spacial score (nSPS) is 20.4. The average Bonchev–Trinajstić information content (AvgIpc) is 2.89. The molecule has 0 bridgehead atoms. The first-order valence-electron chi connectivity index (χ1n) is 6.81.